The predicted molar refractivity (Wildman–Crippen MR) is 117 cm³/mol. The predicted octanol–water partition coefficient (Wildman–Crippen LogP) is 6.47. The van der Waals surface area contributed by atoms with Gasteiger partial charge in [-0.3, -0.25) is 4.79 Å². The van der Waals surface area contributed by atoms with E-state index in [1.165, 1.54) is 18.6 Å². The average molecular weight is 445 g/mol. The van der Waals surface area contributed by atoms with Crippen molar-refractivity contribution in [2.45, 2.75) is 44.4 Å². The minimum Gasteiger partial charge on any atom is -0.356 e. The van der Waals surface area contributed by atoms with Crippen LogP contribution in [0.25, 0.3) is 11.1 Å². The summed E-state index contributed by atoms with van der Waals surface area (Å²) in [4.78, 5) is 12.6. The Balaban J connectivity index is 1.77. The molecule has 2 aliphatic rings. The summed E-state index contributed by atoms with van der Waals surface area (Å²) in [5.74, 6) is -0.224. The monoisotopic (exact) mass is 444 g/mol. The van der Waals surface area contributed by atoms with Gasteiger partial charge in [0.25, 0.3) is 0 Å². The first-order valence-electron chi connectivity index (χ1n) is 10.5. The van der Waals surface area contributed by atoms with Gasteiger partial charge in [-0.1, -0.05) is 48.5 Å². The number of amides is 1. The Morgan fingerprint density at radius 2 is 1.73 bits per heavy atom. The summed E-state index contributed by atoms with van der Waals surface area (Å²) in [7, 11) is 0. The molecule has 2 unspecified atom stereocenters. The van der Waals surface area contributed by atoms with Crippen LogP contribution in [0.5, 0.6) is 0 Å². The van der Waals surface area contributed by atoms with Gasteiger partial charge < -0.3 is 5.32 Å². The lowest BCUT2D eigenvalue weighted by atomic mass is 9.70. The zero-order valence-electron chi connectivity index (χ0n) is 16.6. The Morgan fingerprint density at radius 1 is 1.03 bits per heavy atom. The molecule has 1 amide bonds. The van der Waals surface area contributed by atoms with Crippen LogP contribution in [0.4, 0.5) is 4.39 Å². The third kappa shape index (κ3) is 4.06. The number of benzene rings is 2. The van der Waals surface area contributed by atoms with E-state index in [-0.39, 0.29) is 23.3 Å². The SMILES string of the molecule is N#Cc1cc(-c2cc(Cl)c(C(C3CCCCC3)C3CCNC3=O)c(Cl)c2)ccc1F. The molecule has 2 aromatic carbocycles. The number of nitrogens with one attached hydrogen (secondary N) is 1. The van der Waals surface area contributed by atoms with Crippen molar-refractivity contribution in [3.8, 4) is 17.2 Å². The van der Waals surface area contributed by atoms with E-state index in [0.29, 0.717) is 28.1 Å². The highest BCUT2D eigenvalue weighted by atomic mass is 35.5. The van der Waals surface area contributed by atoms with Gasteiger partial charge in [0.2, 0.25) is 5.91 Å². The van der Waals surface area contributed by atoms with E-state index in [1.807, 2.05) is 18.2 Å². The van der Waals surface area contributed by atoms with Crippen molar-refractivity contribution >= 4 is 29.1 Å². The highest BCUT2D eigenvalue weighted by molar-refractivity contribution is 6.36. The highest BCUT2D eigenvalue weighted by Gasteiger charge is 2.40. The standard InChI is InChI=1S/C24H23Cl2FN2O/c25-19-11-16(15-6-7-21(27)17(10-15)13-28)12-20(26)23(19)22(14-4-2-1-3-5-14)18-8-9-29-24(18)30/h6-7,10-12,14,18,22H,1-5,8-9H2,(H,29,30). The smallest absolute Gasteiger partial charge is 0.223 e. The highest BCUT2D eigenvalue weighted by Crippen LogP contribution is 2.48. The molecule has 3 nitrogen and oxygen atoms in total. The number of nitrogens with zero attached hydrogens (tertiary/aromatic N) is 1. The molecule has 2 aromatic rings. The molecule has 1 aliphatic carbocycles. The van der Waals surface area contributed by atoms with Gasteiger partial charge in [0, 0.05) is 28.4 Å². The van der Waals surface area contributed by atoms with E-state index in [0.717, 1.165) is 43.2 Å². The number of carbonyl (C=O) groups excluding carboxylic acids is 1. The van der Waals surface area contributed by atoms with Crippen LogP contribution < -0.4 is 5.32 Å². The normalized spacial score (nSPS) is 20.6. The molecule has 156 valence electrons. The number of hydrogen-bond acceptors (Lipinski definition) is 2. The quantitative estimate of drug-likeness (QED) is 0.586. The van der Waals surface area contributed by atoms with Crippen molar-refractivity contribution in [2.75, 3.05) is 6.54 Å². The molecule has 2 fully saturated rings. The fourth-order valence-electron chi connectivity index (χ4n) is 5.07. The Morgan fingerprint density at radius 3 is 2.33 bits per heavy atom. The first kappa shape index (κ1) is 21.2. The van der Waals surface area contributed by atoms with Gasteiger partial charge in [-0.2, -0.15) is 5.26 Å². The minimum absolute atomic E-state index is 0.00950. The number of halogens is 3. The largest absolute Gasteiger partial charge is 0.356 e. The van der Waals surface area contributed by atoms with E-state index in [2.05, 4.69) is 5.32 Å². The molecule has 0 bridgehead atoms. The van der Waals surface area contributed by atoms with Crippen LogP contribution in [0.1, 0.15) is 55.6 Å². The molecule has 0 aromatic heterocycles. The summed E-state index contributed by atoms with van der Waals surface area (Å²) < 4.78 is 13.7. The summed E-state index contributed by atoms with van der Waals surface area (Å²) in [6.45, 7) is 0.687. The van der Waals surface area contributed by atoms with Crippen LogP contribution in [-0.2, 0) is 4.79 Å². The van der Waals surface area contributed by atoms with Gasteiger partial charge in [0.05, 0.1) is 5.56 Å². The summed E-state index contributed by atoms with van der Waals surface area (Å²) >= 11 is 13.5. The van der Waals surface area contributed by atoms with Crippen molar-refractivity contribution in [2.24, 2.45) is 11.8 Å². The van der Waals surface area contributed by atoms with Crippen molar-refractivity contribution < 1.29 is 9.18 Å². The van der Waals surface area contributed by atoms with Crippen LogP contribution in [0.2, 0.25) is 10.0 Å². The summed E-state index contributed by atoms with van der Waals surface area (Å²) in [5.41, 5.74) is 2.23. The molecule has 6 heteroatoms. The summed E-state index contributed by atoms with van der Waals surface area (Å²) in [6.07, 6.45) is 6.49. The van der Waals surface area contributed by atoms with Crippen LogP contribution in [-0.4, -0.2) is 12.5 Å². The zero-order chi connectivity index (χ0) is 21.3. The maximum absolute atomic E-state index is 13.7. The molecular formula is C24H23Cl2FN2O. The van der Waals surface area contributed by atoms with Crippen molar-refractivity contribution in [3.05, 3.63) is 57.3 Å². The van der Waals surface area contributed by atoms with Crippen LogP contribution in [0, 0.1) is 29.0 Å². The third-order valence-electron chi connectivity index (χ3n) is 6.52. The van der Waals surface area contributed by atoms with E-state index < -0.39 is 5.82 Å². The Kier molecular flexibility index (Phi) is 6.32. The van der Waals surface area contributed by atoms with Gasteiger partial charge in [0.1, 0.15) is 11.9 Å². The van der Waals surface area contributed by atoms with Crippen LogP contribution >= 0.6 is 23.2 Å². The van der Waals surface area contributed by atoms with E-state index >= 15 is 0 Å². The summed E-state index contributed by atoms with van der Waals surface area (Å²) in [6, 6.07) is 9.89. The zero-order valence-corrected chi connectivity index (χ0v) is 18.1. The fraction of sp³-hybridized carbons (Fsp3) is 0.417. The van der Waals surface area contributed by atoms with Gasteiger partial charge in [-0.05, 0) is 66.1 Å². The third-order valence-corrected chi connectivity index (χ3v) is 7.14. The van der Waals surface area contributed by atoms with Crippen molar-refractivity contribution in [1.82, 2.24) is 5.32 Å². The van der Waals surface area contributed by atoms with Gasteiger partial charge in [0.15, 0.2) is 0 Å². The number of nitriles is 1. The molecule has 2 atom stereocenters. The molecule has 1 saturated heterocycles. The number of hydrogen-bond donors (Lipinski definition) is 1. The average Bonchev–Trinajstić information content (AvgIpc) is 3.17. The fourth-order valence-corrected chi connectivity index (χ4v) is 5.81. The second kappa shape index (κ2) is 8.96. The molecule has 1 N–H and O–H groups in total. The lowest BCUT2D eigenvalue weighted by molar-refractivity contribution is -0.123. The maximum Gasteiger partial charge on any atom is 0.223 e. The van der Waals surface area contributed by atoms with Gasteiger partial charge in [-0.25, -0.2) is 4.39 Å². The second-order valence-electron chi connectivity index (χ2n) is 8.27. The topological polar surface area (TPSA) is 52.9 Å². The molecular weight excluding hydrogens is 422 g/mol. The van der Waals surface area contributed by atoms with Gasteiger partial charge >= 0.3 is 0 Å². The van der Waals surface area contributed by atoms with E-state index in [9.17, 15) is 9.18 Å². The Bertz CT molecular complexity index is 988. The second-order valence-corrected chi connectivity index (χ2v) is 9.08. The lowest BCUT2D eigenvalue weighted by Gasteiger charge is -2.34. The minimum atomic E-state index is -0.556. The maximum atomic E-state index is 13.7. The summed E-state index contributed by atoms with van der Waals surface area (Å²) in [5, 5.41) is 13.1. The first-order chi connectivity index (χ1) is 14.5. The molecule has 1 heterocycles. The van der Waals surface area contributed by atoms with Crippen LogP contribution in [0.15, 0.2) is 30.3 Å². The van der Waals surface area contributed by atoms with Crippen LogP contribution in [0.3, 0.4) is 0 Å². The molecule has 0 radical (unpaired) electrons. The molecule has 4 rings (SSSR count). The van der Waals surface area contributed by atoms with Crippen molar-refractivity contribution in [3.63, 3.8) is 0 Å². The van der Waals surface area contributed by atoms with Gasteiger partial charge in [-0.15, -0.1) is 0 Å². The van der Waals surface area contributed by atoms with E-state index in [1.54, 1.807) is 6.07 Å². The molecule has 0 spiro atoms. The molecule has 30 heavy (non-hydrogen) atoms. The number of carbonyl (C=O) groups is 1. The van der Waals surface area contributed by atoms with Crippen molar-refractivity contribution in [1.29, 1.82) is 5.26 Å². The Hall–Kier alpha value is -2.09. The molecule has 1 saturated carbocycles. The lowest BCUT2D eigenvalue weighted by Crippen LogP contribution is -2.30. The first-order valence-corrected chi connectivity index (χ1v) is 11.2. The number of rotatable bonds is 4. The van der Waals surface area contributed by atoms with E-state index in [4.69, 9.17) is 28.5 Å². The molecule has 1 aliphatic heterocycles. The Labute approximate surface area is 186 Å².